The minimum Gasteiger partial charge on any atom is -0.476 e. The third-order valence-electron chi connectivity index (χ3n) is 6.10. The van der Waals surface area contributed by atoms with Crippen molar-refractivity contribution in [3.8, 4) is 23.0 Å². The zero-order valence-electron chi connectivity index (χ0n) is 20.9. The molecule has 5 heterocycles. The molecule has 1 atom stereocenters. The van der Waals surface area contributed by atoms with Crippen molar-refractivity contribution in [1.82, 2.24) is 40.1 Å². The molecule has 11 heteroatoms. The Labute approximate surface area is 208 Å². The Balaban J connectivity index is 1.70. The second-order valence-electron chi connectivity index (χ2n) is 8.74. The minimum atomic E-state index is -0.231. The molecule has 11 nitrogen and oxygen atoms in total. The Morgan fingerprint density at radius 3 is 2.94 bits per heavy atom. The number of aromatic nitrogens is 7. The van der Waals surface area contributed by atoms with Crippen LogP contribution in [0.5, 0.6) is 11.8 Å². The van der Waals surface area contributed by atoms with Gasteiger partial charge in [-0.3, -0.25) is 10.1 Å². The van der Waals surface area contributed by atoms with E-state index < -0.39 is 0 Å². The molecule has 0 aromatic carbocycles. The summed E-state index contributed by atoms with van der Waals surface area (Å²) in [4.78, 5) is 4.67. The molecule has 0 spiro atoms. The number of nitrogens with zero attached hydrogens (tertiary/aromatic N) is 6. The van der Waals surface area contributed by atoms with Gasteiger partial charge in [0.1, 0.15) is 6.10 Å². The number of aliphatic hydroxyl groups excluding tert-OH is 1. The number of H-pyrrole nitrogens is 1. The van der Waals surface area contributed by atoms with Crippen molar-refractivity contribution in [2.75, 3.05) is 19.8 Å². The van der Waals surface area contributed by atoms with Crippen LogP contribution in [0.15, 0.2) is 18.8 Å². The number of ether oxygens (including phenoxy) is 2. The maximum atomic E-state index is 9.76. The Kier molecular flexibility index (Phi) is 6.33. The highest BCUT2D eigenvalue weighted by atomic mass is 16.5. The fraction of sp³-hybridized carbons (Fsp3) is 0.360. The molecule has 4 aromatic rings. The van der Waals surface area contributed by atoms with E-state index in [1.54, 1.807) is 15.6 Å². The van der Waals surface area contributed by atoms with E-state index in [2.05, 4.69) is 37.3 Å². The van der Waals surface area contributed by atoms with Gasteiger partial charge in [0.25, 0.3) is 0 Å². The first-order valence-electron chi connectivity index (χ1n) is 11.9. The van der Waals surface area contributed by atoms with Crippen LogP contribution in [0.1, 0.15) is 36.5 Å². The van der Waals surface area contributed by atoms with Gasteiger partial charge in [0.15, 0.2) is 0 Å². The molecule has 3 N–H and O–H groups in total. The predicted molar refractivity (Wildman–Crippen MR) is 137 cm³/mol. The largest absolute Gasteiger partial charge is 0.476 e. The Hall–Kier alpha value is -3.96. The summed E-state index contributed by atoms with van der Waals surface area (Å²) >= 11 is 0. The number of aliphatic hydroxyl groups is 1. The van der Waals surface area contributed by atoms with Gasteiger partial charge in [0.2, 0.25) is 11.8 Å². The van der Waals surface area contributed by atoms with Crippen molar-refractivity contribution in [2.24, 2.45) is 7.05 Å². The van der Waals surface area contributed by atoms with E-state index in [4.69, 9.17) is 9.47 Å². The molecule has 5 rings (SSSR count). The first-order valence-corrected chi connectivity index (χ1v) is 11.9. The van der Waals surface area contributed by atoms with Crippen LogP contribution in [0.2, 0.25) is 0 Å². The summed E-state index contributed by atoms with van der Waals surface area (Å²) in [6, 6.07) is 2.00. The molecule has 188 valence electrons. The van der Waals surface area contributed by atoms with Gasteiger partial charge < -0.3 is 19.9 Å². The zero-order valence-corrected chi connectivity index (χ0v) is 20.9. The molecule has 2 bridgehead atoms. The van der Waals surface area contributed by atoms with Gasteiger partial charge in [-0.25, -0.2) is 9.36 Å². The third-order valence-corrected chi connectivity index (χ3v) is 6.10. The molecule has 36 heavy (non-hydrogen) atoms. The number of nitrogens with one attached hydrogen (secondary N) is 2. The molecule has 0 aliphatic carbocycles. The average molecular weight is 491 g/mol. The molecule has 1 aliphatic rings. The molecule has 4 aromatic heterocycles. The van der Waals surface area contributed by atoms with Crippen molar-refractivity contribution >= 4 is 28.8 Å². The number of pyridine rings is 1. The topological polar surface area (TPSA) is 128 Å². The monoisotopic (exact) mass is 490 g/mol. The lowest BCUT2D eigenvalue weighted by atomic mass is 10.1. The normalized spacial score (nSPS) is 16.6. The Morgan fingerprint density at radius 1 is 1.33 bits per heavy atom. The first-order chi connectivity index (χ1) is 17.4. The minimum absolute atomic E-state index is 0.167. The van der Waals surface area contributed by atoms with E-state index in [0.29, 0.717) is 37.2 Å². The number of hydrogen-bond acceptors (Lipinski definition) is 8. The van der Waals surface area contributed by atoms with Crippen LogP contribution >= 0.6 is 0 Å². The predicted octanol–water partition coefficient (Wildman–Crippen LogP) is 2.77. The number of aromatic amines is 1. The summed E-state index contributed by atoms with van der Waals surface area (Å²) in [5.41, 5.74) is 6.07. The molecule has 0 saturated carbocycles. The quantitative estimate of drug-likeness (QED) is 0.398. The van der Waals surface area contributed by atoms with Gasteiger partial charge in [0.05, 0.1) is 64.5 Å². The molecule has 1 aliphatic heterocycles. The summed E-state index contributed by atoms with van der Waals surface area (Å²) in [6.07, 6.45) is 5.47. The van der Waals surface area contributed by atoms with Gasteiger partial charge >= 0.3 is 0 Å². The van der Waals surface area contributed by atoms with Crippen molar-refractivity contribution in [2.45, 2.75) is 33.4 Å². The maximum absolute atomic E-state index is 9.76. The van der Waals surface area contributed by atoms with E-state index in [1.165, 1.54) is 0 Å². The highest BCUT2D eigenvalue weighted by Crippen LogP contribution is 2.34. The lowest BCUT2D eigenvalue weighted by molar-refractivity contribution is 0.199. The third kappa shape index (κ3) is 4.16. The number of hydrogen-bond donors (Lipinski definition) is 3. The molecule has 0 unspecified atom stereocenters. The SMILES string of the molecule is C=C(CO)n1nc(OCC)c2c1CNC[C@H](C)Oc1c(c(C)nn1C)-c1cc3c(n[nH]c3cn1)/C=C/2. The summed E-state index contributed by atoms with van der Waals surface area (Å²) in [6.45, 7) is 11.1. The fourth-order valence-electron chi connectivity index (χ4n) is 4.41. The summed E-state index contributed by atoms with van der Waals surface area (Å²) in [5, 5.41) is 30.9. The van der Waals surface area contributed by atoms with Gasteiger partial charge in [0, 0.05) is 25.5 Å². The second kappa shape index (κ2) is 9.59. The molecular formula is C25H30N8O3. The summed E-state index contributed by atoms with van der Waals surface area (Å²) < 4.78 is 15.6. The van der Waals surface area contributed by atoms with Crippen molar-refractivity contribution in [3.63, 3.8) is 0 Å². The van der Waals surface area contributed by atoms with E-state index in [9.17, 15) is 5.11 Å². The van der Waals surface area contributed by atoms with Gasteiger partial charge in [-0.2, -0.15) is 10.2 Å². The molecule has 0 saturated heterocycles. The zero-order chi connectivity index (χ0) is 25.4. The maximum Gasteiger partial charge on any atom is 0.240 e. The number of aryl methyl sites for hydroxylation is 2. The van der Waals surface area contributed by atoms with E-state index in [0.717, 1.165) is 44.8 Å². The summed E-state index contributed by atoms with van der Waals surface area (Å²) in [7, 11) is 1.87. The standard InChI is InChI=1S/C25H30N8O3/c1-6-35-24-17-7-8-19-18-9-20(27-11-21(18)29-28-19)23-16(4)30-32(5)25(23)36-15(3)10-26-12-22(17)33(31-24)14(2)13-34/h7-9,11,15,26,34H,2,6,10,12-13H2,1,3-5H3,(H,28,29)/b8-7+/t15-/m0/s1. The number of rotatable bonds is 4. The van der Waals surface area contributed by atoms with Crippen LogP contribution in [0.25, 0.3) is 40.0 Å². The number of fused-ring (bicyclic) bond motifs is 4. The molecular weight excluding hydrogens is 460 g/mol. The van der Waals surface area contributed by atoms with Crippen LogP contribution in [0.4, 0.5) is 0 Å². The van der Waals surface area contributed by atoms with Gasteiger partial charge in [-0.1, -0.05) is 6.58 Å². The molecule has 0 fully saturated rings. The van der Waals surface area contributed by atoms with Crippen molar-refractivity contribution < 1.29 is 14.6 Å². The van der Waals surface area contributed by atoms with Crippen LogP contribution in [0.3, 0.4) is 0 Å². The second-order valence-corrected chi connectivity index (χ2v) is 8.74. The lowest BCUT2D eigenvalue weighted by Crippen LogP contribution is -2.30. The average Bonchev–Trinajstić information content (AvgIpc) is 3.50. The highest BCUT2D eigenvalue weighted by molar-refractivity contribution is 5.92. The Morgan fingerprint density at radius 2 is 2.17 bits per heavy atom. The van der Waals surface area contributed by atoms with Crippen LogP contribution in [0, 0.1) is 6.92 Å². The molecule has 0 radical (unpaired) electrons. The van der Waals surface area contributed by atoms with Crippen molar-refractivity contribution in [3.05, 3.63) is 41.5 Å². The smallest absolute Gasteiger partial charge is 0.240 e. The van der Waals surface area contributed by atoms with E-state index in [-0.39, 0.29) is 12.7 Å². The van der Waals surface area contributed by atoms with Gasteiger partial charge in [-0.15, -0.1) is 5.10 Å². The van der Waals surface area contributed by atoms with Crippen molar-refractivity contribution in [1.29, 1.82) is 0 Å². The lowest BCUT2D eigenvalue weighted by Gasteiger charge is -2.17. The molecule has 0 amide bonds. The first kappa shape index (κ1) is 23.8. The highest BCUT2D eigenvalue weighted by Gasteiger charge is 2.23. The Bertz CT molecular complexity index is 1460. The van der Waals surface area contributed by atoms with E-state index in [1.807, 2.05) is 46.0 Å². The fourth-order valence-corrected chi connectivity index (χ4v) is 4.41. The van der Waals surface area contributed by atoms with E-state index >= 15 is 0 Å². The van der Waals surface area contributed by atoms with Crippen LogP contribution in [-0.4, -0.2) is 65.7 Å². The van der Waals surface area contributed by atoms with Crippen LogP contribution < -0.4 is 14.8 Å². The van der Waals surface area contributed by atoms with Gasteiger partial charge in [-0.05, 0) is 39.0 Å². The summed E-state index contributed by atoms with van der Waals surface area (Å²) in [5.74, 6) is 1.12. The van der Waals surface area contributed by atoms with Crippen LogP contribution in [-0.2, 0) is 13.6 Å².